The molecule has 1 N–H and O–H groups in total. The lowest BCUT2D eigenvalue weighted by atomic mass is 10.1. The Bertz CT molecular complexity index is 1170. The Balaban J connectivity index is 1.87. The van der Waals surface area contributed by atoms with Gasteiger partial charge in [-0.25, -0.2) is 9.78 Å². The van der Waals surface area contributed by atoms with Crippen molar-refractivity contribution in [3.8, 4) is 5.75 Å². The monoisotopic (exact) mass is 543 g/mol. The molecule has 3 rings (SSSR count). The number of hydrogen-bond acceptors (Lipinski definition) is 9. The van der Waals surface area contributed by atoms with Crippen LogP contribution in [0, 0.1) is 0 Å². The van der Waals surface area contributed by atoms with E-state index < -0.39 is 14.3 Å². The van der Waals surface area contributed by atoms with Crippen LogP contribution in [0.15, 0.2) is 24.4 Å². The van der Waals surface area contributed by atoms with Crippen LogP contribution in [0.1, 0.15) is 51.4 Å². The normalized spacial score (nSPS) is 15.8. The van der Waals surface area contributed by atoms with E-state index in [1.165, 1.54) is 7.11 Å². The molecule has 0 aliphatic carbocycles. The van der Waals surface area contributed by atoms with E-state index in [4.69, 9.17) is 18.9 Å². The quantitative estimate of drug-likeness (QED) is 0.252. The number of esters is 1. The Morgan fingerprint density at radius 1 is 1.18 bits per heavy atom. The molecule has 38 heavy (non-hydrogen) atoms. The molecule has 0 radical (unpaired) electrons. The number of carbonyl (C=O) groups excluding carboxylic acids is 2. The van der Waals surface area contributed by atoms with Crippen LogP contribution in [-0.2, 0) is 14.0 Å². The van der Waals surface area contributed by atoms with E-state index in [1.807, 2.05) is 18.7 Å². The fourth-order valence-electron chi connectivity index (χ4n) is 4.04. The van der Waals surface area contributed by atoms with E-state index in [1.54, 1.807) is 36.3 Å². The molecule has 0 fully saturated rings. The minimum absolute atomic E-state index is 0.0279. The number of nitrogens with zero attached hydrogens (tertiary/aromatic N) is 4. The molecule has 1 aliphatic heterocycles. The highest BCUT2D eigenvalue weighted by Gasteiger charge is 2.37. The molecule has 1 aromatic heterocycles. The Hall–Kier alpha value is -3.18. The Labute approximate surface area is 226 Å². The van der Waals surface area contributed by atoms with Crippen LogP contribution >= 0.6 is 0 Å². The first kappa shape index (κ1) is 29.4. The molecule has 2 aromatic rings. The second kappa shape index (κ2) is 11.7. The average molecular weight is 544 g/mol. The van der Waals surface area contributed by atoms with E-state index >= 15 is 0 Å². The van der Waals surface area contributed by atoms with Gasteiger partial charge in [-0.3, -0.25) is 4.79 Å². The summed E-state index contributed by atoms with van der Waals surface area (Å²) in [4.78, 5) is 37.8. The van der Waals surface area contributed by atoms with Crippen molar-refractivity contribution in [2.75, 3.05) is 49.0 Å². The molecule has 1 aliphatic rings. The van der Waals surface area contributed by atoms with Gasteiger partial charge in [0.1, 0.15) is 24.1 Å². The number of aromatic nitrogens is 2. The third-order valence-electron chi connectivity index (χ3n) is 7.36. The predicted octanol–water partition coefficient (Wildman–Crippen LogP) is 4.99. The fraction of sp³-hybridized carbons (Fsp3) is 0.556. The zero-order valence-corrected chi connectivity index (χ0v) is 25.0. The van der Waals surface area contributed by atoms with Gasteiger partial charge < -0.3 is 29.0 Å². The summed E-state index contributed by atoms with van der Waals surface area (Å²) in [6.45, 7) is 16.3. The van der Waals surface area contributed by atoms with E-state index in [2.05, 4.69) is 44.2 Å². The highest BCUT2D eigenvalue weighted by Crippen LogP contribution is 2.37. The van der Waals surface area contributed by atoms with E-state index in [0.29, 0.717) is 60.6 Å². The van der Waals surface area contributed by atoms with Gasteiger partial charge >= 0.3 is 5.97 Å². The van der Waals surface area contributed by atoms with Crippen LogP contribution in [0.5, 0.6) is 5.75 Å². The molecule has 0 spiro atoms. The van der Waals surface area contributed by atoms with Crippen LogP contribution in [0.25, 0.3) is 0 Å². The fourth-order valence-corrected chi connectivity index (χ4v) is 5.06. The number of hydrogen-bond donors (Lipinski definition) is 1. The molecule has 0 saturated heterocycles. The number of amides is 1. The van der Waals surface area contributed by atoms with Crippen molar-refractivity contribution in [3.05, 3.63) is 30.0 Å². The maximum Gasteiger partial charge on any atom is 0.337 e. The molecular formula is C27H41N5O5Si. The number of benzene rings is 1. The van der Waals surface area contributed by atoms with E-state index in [9.17, 15) is 9.59 Å². The lowest BCUT2D eigenvalue weighted by Gasteiger charge is -2.39. The van der Waals surface area contributed by atoms with Crippen LogP contribution in [-0.4, -0.2) is 70.1 Å². The van der Waals surface area contributed by atoms with Gasteiger partial charge in [0.25, 0.3) is 0 Å². The summed E-state index contributed by atoms with van der Waals surface area (Å²) in [5.74, 6) is 1.07. The van der Waals surface area contributed by atoms with Crippen molar-refractivity contribution >= 4 is 43.3 Å². The molecule has 0 unspecified atom stereocenters. The minimum Gasteiger partial charge on any atom is -0.489 e. The summed E-state index contributed by atoms with van der Waals surface area (Å²) in [7, 11) is 1.17. The van der Waals surface area contributed by atoms with Crippen LogP contribution in [0.2, 0.25) is 18.1 Å². The summed E-state index contributed by atoms with van der Waals surface area (Å²) in [5, 5.41) is 3.32. The standard InChI is InChI=1S/C27H41N5O5Si/c1-10-20-24(33)31(6)21-17-28-26(30-23(21)32(20)11-2)29-19-13-12-18(25(34)35-7)16-22(19)36-14-15-37-38(8,9)27(3,4)5/h12-13,16-17,20H,10-11,14-15H2,1-9H3,(H,28,29,30)/t20-/m1/s1. The van der Waals surface area contributed by atoms with Gasteiger partial charge in [0.15, 0.2) is 14.1 Å². The van der Waals surface area contributed by atoms with Gasteiger partial charge in [0.2, 0.25) is 11.9 Å². The zero-order chi connectivity index (χ0) is 28.3. The lowest BCUT2D eigenvalue weighted by Crippen LogP contribution is -2.52. The predicted molar refractivity (Wildman–Crippen MR) is 152 cm³/mol. The first-order chi connectivity index (χ1) is 17.8. The van der Waals surface area contributed by atoms with Gasteiger partial charge in [-0.2, -0.15) is 4.98 Å². The largest absolute Gasteiger partial charge is 0.489 e. The Morgan fingerprint density at radius 3 is 2.50 bits per heavy atom. The minimum atomic E-state index is -1.92. The van der Waals surface area contributed by atoms with Gasteiger partial charge in [-0.1, -0.05) is 27.7 Å². The van der Waals surface area contributed by atoms with Crippen molar-refractivity contribution < 1.29 is 23.5 Å². The molecule has 208 valence electrons. The molecular weight excluding hydrogens is 502 g/mol. The zero-order valence-electron chi connectivity index (χ0n) is 24.0. The van der Waals surface area contributed by atoms with E-state index in [-0.39, 0.29) is 17.0 Å². The smallest absolute Gasteiger partial charge is 0.337 e. The summed E-state index contributed by atoms with van der Waals surface area (Å²) in [6, 6.07) is 4.75. The summed E-state index contributed by atoms with van der Waals surface area (Å²) >= 11 is 0. The Kier molecular flexibility index (Phi) is 9.04. The summed E-state index contributed by atoms with van der Waals surface area (Å²) in [6.07, 6.45) is 2.32. The number of anilines is 4. The van der Waals surface area contributed by atoms with Crippen molar-refractivity contribution in [3.63, 3.8) is 0 Å². The second-order valence-electron chi connectivity index (χ2n) is 10.8. The lowest BCUT2D eigenvalue weighted by molar-refractivity contribution is -0.120. The van der Waals surface area contributed by atoms with Gasteiger partial charge in [0, 0.05) is 13.6 Å². The molecule has 1 amide bonds. The number of likely N-dealkylation sites (N-methyl/N-ethyl adjacent to an activating group) is 2. The third-order valence-corrected chi connectivity index (χ3v) is 11.9. The maximum atomic E-state index is 12.8. The molecule has 1 atom stereocenters. The number of nitrogens with one attached hydrogen (secondary N) is 1. The number of fused-ring (bicyclic) bond motifs is 1. The van der Waals surface area contributed by atoms with Crippen LogP contribution in [0.3, 0.4) is 0 Å². The summed E-state index contributed by atoms with van der Waals surface area (Å²) in [5.41, 5.74) is 1.63. The van der Waals surface area contributed by atoms with Crippen molar-refractivity contribution in [2.45, 2.75) is 65.2 Å². The summed E-state index contributed by atoms with van der Waals surface area (Å²) < 4.78 is 17.2. The number of methoxy groups -OCH3 is 1. The molecule has 0 bridgehead atoms. The first-order valence-corrected chi connectivity index (χ1v) is 15.9. The maximum absolute atomic E-state index is 12.8. The molecule has 10 nitrogen and oxygen atoms in total. The average Bonchev–Trinajstić information content (AvgIpc) is 2.88. The van der Waals surface area contributed by atoms with Crippen molar-refractivity contribution in [1.82, 2.24) is 9.97 Å². The number of ether oxygens (including phenoxy) is 2. The number of rotatable bonds is 10. The van der Waals surface area contributed by atoms with Crippen molar-refractivity contribution in [1.29, 1.82) is 0 Å². The molecule has 0 saturated carbocycles. The SMILES string of the molecule is CC[C@@H]1C(=O)N(C)c2cnc(Nc3ccc(C(=O)OC)cc3OCCO[Si](C)(C)C(C)(C)C)nc2N1CC. The topological polar surface area (TPSA) is 106 Å². The van der Waals surface area contributed by atoms with Gasteiger partial charge in [-0.05, 0) is 49.7 Å². The highest BCUT2D eigenvalue weighted by atomic mass is 28.4. The second-order valence-corrected chi connectivity index (χ2v) is 15.6. The number of carbonyl (C=O) groups is 2. The van der Waals surface area contributed by atoms with Gasteiger partial charge in [-0.15, -0.1) is 0 Å². The molecule has 1 aromatic carbocycles. The Morgan fingerprint density at radius 2 is 1.89 bits per heavy atom. The van der Waals surface area contributed by atoms with Crippen molar-refractivity contribution in [2.24, 2.45) is 0 Å². The van der Waals surface area contributed by atoms with Gasteiger partial charge in [0.05, 0.1) is 31.2 Å². The first-order valence-electron chi connectivity index (χ1n) is 13.0. The highest BCUT2D eigenvalue weighted by molar-refractivity contribution is 6.74. The van der Waals surface area contributed by atoms with E-state index in [0.717, 1.165) is 0 Å². The van der Waals surface area contributed by atoms with Crippen LogP contribution < -0.4 is 19.9 Å². The molecule has 2 heterocycles. The van der Waals surface area contributed by atoms with Crippen LogP contribution in [0.4, 0.5) is 23.1 Å². The third kappa shape index (κ3) is 6.10. The molecule has 11 heteroatoms.